The van der Waals surface area contributed by atoms with Crippen LogP contribution in [0.15, 0.2) is 46.5 Å². The van der Waals surface area contributed by atoms with E-state index >= 15 is 0 Å². The highest BCUT2D eigenvalue weighted by atomic mass is 35.5. The van der Waals surface area contributed by atoms with Gasteiger partial charge < -0.3 is 0 Å². The molecule has 12 heteroatoms. The van der Waals surface area contributed by atoms with Crippen LogP contribution in [-0.2, 0) is 0 Å². The third-order valence-corrected chi connectivity index (χ3v) is 5.48. The van der Waals surface area contributed by atoms with E-state index in [0.29, 0.717) is 26.6 Å². The number of nitro benzene ring substituents is 2. The minimum absolute atomic E-state index is 0.0913. The van der Waals surface area contributed by atoms with E-state index in [2.05, 4.69) is 10.2 Å². The van der Waals surface area contributed by atoms with Crippen molar-refractivity contribution in [2.24, 2.45) is 0 Å². The van der Waals surface area contributed by atoms with E-state index in [0.717, 1.165) is 17.8 Å². The van der Waals surface area contributed by atoms with Crippen LogP contribution in [0.5, 0.6) is 0 Å². The van der Waals surface area contributed by atoms with Crippen molar-refractivity contribution in [3.05, 3.63) is 66.7 Å². The van der Waals surface area contributed by atoms with Crippen molar-refractivity contribution in [1.82, 2.24) is 14.8 Å². The Morgan fingerprint density at radius 3 is 2.34 bits per heavy atom. The number of aromatic nitrogens is 3. The maximum atomic E-state index is 11.4. The summed E-state index contributed by atoms with van der Waals surface area (Å²) in [5.41, 5.74) is -0.129. The summed E-state index contributed by atoms with van der Waals surface area (Å²) in [6.07, 6.45) is 0. The highest BCUT2D eigenvalue weighted by Crippen LogP contribution is 2.39. The minimum atomic E-state index is -0.682. The highest BCUT2D eigenvalue weighted by molar-refractivity contribution is 7.99. The van der Waals surface area contributed by atoms with Gasteiger partial charge in [0.15, 0.2) is 11.0 Å². The molecule has 1 aromatic heterocycles. The molecule has 3 aromatic rings. The molecule has 0 N–H and O–H groups in total. The predicted molar refractivity (Wildman–Crippen MR) is 110 cm³/mol. The number of rotatable bonds is 6. The lowest BCUT2D eigenvalue weighted by molar-refractivity contribution is -0.396. The molecule has 0 atom stereocenters. The number of benzene rings is 2. The molecule has 0 unspecified atom stereocenters. The van der Waals surface area contributed by atoms with Gasteiger partial charge in [0.25, 0.3) is 11.4 Å². The first-order chi connectivity index (χ1) is 13.7. The Labute approximate surface area is 179 Å². The first-order valence-corrected chi connectivity index (χ1v) is 9.77. The van der Waals surface area contributed by atoms with Crippen molar-refractivity contribution in [2.45, 2.75) is 29.9 Å². The number of nitrogens with zero attached hydrogens (tertiary/aromatic N) is 5. The Hall–Kier alpha value is -2.69. The molecule has 0 radical (unpaired) electrons. The lowest BCUT2D eigenvalue weighted by Crippen LogP contribution is -2.05. The second kappa shape index (κ2) is 8.36. The van der Waals surface area contributed by atoms with Crippen molar-refractivity contribution < 1.29 is 9.85 Å². The lowest BCUT2D eigenvalue weighted by atomic mass is 10.2. The van der Waals surface area contributed by atoms with Gasteiger partial charge in [0.2, 0.25) is 0 Å². The van der Waals surface area contributed by atoms with Gasteiger partial charge in [-0.1, -0.05) is 23.2 Å². The van der Waals surface area contributed by atoms with E-state index in [1.807, 2.05) is 13.8 Å². The fourth-order valence-corrected chi connectivity index (χ4v) is 4.15. The van der Waals surface area contributed by atoms with Gasteiger partial charge in [-0.2, -0.15) is 0 Å². The van der Waals surface area contributed by atoms with Crippen LogP contribution < -0.4 is 0 Å². The van der Waals surface area contributed by atoms with Gasteiger partial charge in [0.1, 0.15) is 0 Å². The molecule has 0 aliphatic heterocycles. The third-order valence-electron chi connectivity index (χ3n) is 3.90. The summed E-state index contributed by atoms with van der Waals surface area (Å²) in [7, 11) is 0. The molecule has 0 fully saturated rings. The predicted octanol–water partition coefficient (Wildman–Crippen LogP) is 5.80. The van der Waals surface area contributed by atoms with Gasteiger partial charge in [-0.25, -0.2) is 0 Å². The topological polar surface area (TPSA) is 117 Å². The first-order valence-electron chi connectivity index (χ1n) is 8.20. The van der Waals surface area contributed by atoms with Crippen LogP contribution in [0, 0.1) is 20.2 Å². The maximum absolute atomic E-state index is 11.4. The van der Waals surface area contributed by atoms with Crippen molar-refractivity contribution in [1.29, 1.82) is 0 Å². The third kappa shape index (κ3) is 4.34. The quantitative estimate of drug-likeness (QED) is 0.341. The smallest absolute Gasteiger partial charge is 0.290 e. The highest BCUT2D eigenvalue weighted by Gasteiger charge is 2.24. The van der Waals surface area contributed by atoms with E-state index < -0.39 is 9.85 Å². The van der Waals surface area contributed by atoms with Crippen molar-refractivity contribution in [3.63, 3.8) is 0 Å². The molecule has 0 spiro atoms. The van der Waals surface area contributed by atoms with Gasteiger partial charge >= 0.3 is 0 Å². The van der Waals surface area contributed by atoms with Crippen molar-refractivity contribution in [3.8, 4) is 11.4 Å². The molecule has 0 aliphatic carbocycles. The van der Waals surface area contributed by atoms with E-state index in [1.54, 1.807) is 22.8 Å². The summed E-state index contributed by atoms with van der Waals surface area (Å²) in [4.78, 5) is 21.2. The van der Waals surface area contributed by atoms with Crippen molar-refractivity contribution in [2.75, 3.05) is 0 Å². The lowest BCUT2D eigenvalue weighted by Gasteiger charge is -2.14. The summed E-state index contributed by atoms with van der Waals surface area (Å²) in [6, 6.07) is 8.36. The number of non-ortho nitro benzene ring substituents is 1. The summed E-state index contributed by atoms with van der Waals surface area (Å²) in [5, 5.41) is 32.0. The Kier molecular flexibility index (Phi) is 6.06. The zero-order valence-electron chi connectivity index (χ0n) is 15.1. The van der Waals surface area contributed by atoms with Crippen molar-refractivity contribution >= 4 is 46.3 Å². The summed E-state index contributed by atoms with van der Waals surface area (Å²) >= 11 is 13.3. The van der Waals surface area contributed by atoms with E-state index in [-0.39, 0.29) is 22.3 Å². The van der Waals surface area contributed by atoms with Crippen LogP contribution in [-0.4, -0.2) is 24.6 Å². The van der Waals surface area contributed by atoms with Crippen LogP contribution in [0.3, 0.4) is 0 Å². The molecule has 0 saturated carbocycles. The summed E-state index contributed by atoms with van der Waals surface area (Å²) in [6.45, 7) is 3.82. The van der Waals surface area contributed by atoms with E-state index in [4.69, 9.17) is 23.2 Å². The Morgan fingerprint density at radius 2 is 1.76 bits per heavy atom. The zero-order chi connectivity index (χ0) is 21.3. The van der Waals surface area contributed by atoms with Crippen LogP contribution in [0.4, 0.5) is 11.4 Å². The molecule has 150 valence electrons. The molecular weight excluding hydrogens is 441 g/mol. The fraction of sp³-hybridized carbons (Fsp3) is 0.176. The minimum Gasteiger partial charge on any atom is -0.299 e. The SMILES string of the molecule is CC(C)n1c(Sc2ccc([N+](=O)[O-])cc2[N+](=O)[O-])nnc1-c1ccc(Cl)cc1Cl. The molecular formula is C17H13Cl2N5O4S. The van der Waals surface area contributed by atoms with E-state index in [1.165, 1.54) is 12.1 Å². The summed E-state index contributed by atoms with van der Waals surface area (Å²) < 4.78 is 1.78. The number of hydrogen-bond acceptors (Lipinski definition) is 7. The fourth-order valence-electron chi connectivity index (χ4n) is 2.61. The number of halogens is 2. The first kappa shape index (κ1) is 21.0. The van der Waals surface area contributed by atoms with Crippen LogP contribution in [0.1, 0.15) is 19.9 Å². The Balaban J connectivity index is 2.08. The van der Waals surface area contributed by atoms with Crippen LogP contribution >= 0.6 is 35.0 Å². The molecule has 3 rings (SSSR count). The molecule has 2 aromatic carbocycles. The molecule has 0 bridgehead atoms. The monoisotopic (exact) mass is 453 g/mol. The molecule has 9 nitrogen and oxygen atoms in total. The molecule has 29 heavy (non-hydrogen) atoms. The molecule has 1 heterocycles. The number of hydrogen-bond donors (Lipinski definition) is 0. The van der Waals surface area contributed by atoms with Gasteiger partial charge in [0.05, 0.1) is 25.8 Å². The van der Waals surface area contributed by atoms with Crippen LogP contribution in [0.2, 0.25) is 10.0 Å². The molecule has 0 saturated heterocycles. The van der Waals surface area contributed by atoms with Gasteiger partial charge in [-0.05, 0) is 49.9 Å². The van der Waals surface area contributed by atoms with Gasteiger partial charge in [0, 0.05) is 22.7 Å². The second-order valence-electron chi connectivity index (χ2n) is 6.16. The standard InChI is InChI=1S/C17H13Cl2N5O4S/c1-9(2)22-16(12-5-3-10(18)7-13(12)19)20-21-17(22)29-15-6-4-11(23(25)26)8-14(15)24(27)28/h3-9H,1-2H3. The van der Waals surface area contributed by atoms with Gasteiger partial charge in [-0.15, -0.1) is 10.2 Å². The maximum Gasteiger partial charge on any atom is 0.290 e. The second-order valence-corrected chi connectivity index (χ2v) is 8.02. The Morgan fingerprint density at radius 1 is 1.03 bits per heavy atom. The van der Waals surface area contributed by atoms with E-state index in [9.17, 15) is 20.2 Å². The molecule has 0 aliphatic rings. The summed E-state index contributed by atoms with van der Waals surface area (Å²) in [5.74, 6) is 0.480. The van der Waals surface area contributed by atoms with Gasteiger partial charge in [-0.3, -0.25) is 24.8 Å². The average Bonchev–Trinajstić information content (AvgIpc) is 3.05. The molecule has 0 amide bonds. The average molecular weight is 454 g/mol. The van der Waals surface area contributed by atoms with Crippen LogP contribution in [0.25, 0.3) is 11.4 Å². The number of nitro groups is 2. The normalized spacial score (nSPS) is 11.1. The zero-order valence-corrected chi connectivity index (χ0v) is 17.4. The Bertz CT molecular complexity index is 1120. The largest absolute Gasteiger partial charge is 0.299 e.